The Morgan fingerprint density at radius 2 is 1.95 bits per heavy atom. The van der Waals surface area contributed by atoms with E-state index in [0.717, 1.165) is 7.11 Å². The number of aromatic nitrogens is 3. The molecule has 1 unspecified atom stereocenters. The Labute approximate surface area is 217 Å². The number of ether oxygens (including phenoxy) is 1. The van der Waals surface area contributed by atoms with Gasteiger partial charge in [-0.25, -0.2) is 23.5 Å². The van der Waals surface area contributed by atoms with Gasteiger partial charge in [0.05, 0.1) is 40.5 Å². The molecule has 6 N–H and O–H groups in total. The third-order valence-electron chi connectivity index (χ3n) is 5.65. The maximum absolute atomic E-state index is 15.1. The Morgan fingerprint density at radius 1 is 1.24 bits per heavy atom. The highest BCUT2D eigenvalue weighted by Crippen LogP contribution is 2.48. The molecule has 3 rings (SSSR count). The number of hydrogen-bond acceptors (Lipinski definition) is 8. The summed E-state index contributed by atoms with van der Waals surface area (Å²) in [5.41, 5.74) is 0.181. The number of carbonyl (C=O) groups is 2. The van der Waals surface area contributed by atoms with Crippen LogP contribution in [0.1, 0.15) is 36.3 Å². The van der Waals surface area contributed by atoms with E-state index < -0.39 is 69.5 Å². The number of nitrogen functional groups attached to an aromatic ring is 1. The summed E-state index contributed by atoms with van der Waals surface area (Å²) in [5.74, 6) is -6.45. The quantitative estimate of drug-likeness (QED) is 0.164. The van der Waals surface area contributed by atoms with Gasteiger partial charge in [0.2, 0.25) is 11.9 Å². The van der Waals surface area contributed by atoms with E-state index in [1.54, 1.807) is 0 Å². The number of dihydropyridines is 1. The number of nitrogens with two attached hydrogens (primary N) is 1. The topological polar surface area (TPSA) is 155 Å². The molecule has 0 amide bonds. The molecule has 0 saturated carbocycles. The summed E-state index contributed by atoms with van der Waals surface area (Å²) in [6.07, 6.45) is -4.71. The van der Waals surface area contributed by atoms with Crippen molar-refractivity contribution in [3.63, 3.8) is 0 Å². The largest absolute Gasteiger partial charge is 0.478 e. The average molecular weight is 565 g/mol. The minimum Gasteiger partial charge on any atom is -0.478 e. The third-order valence-corrected chi connectivity index (χ3v) is 5.97. The van der Waals surface area contributed by atoms with Crippen LogP contribution in [-0.2, 0) is 20.5 Å². The van der Waals surface area contributed by atoms with Crippen LogP contribution in [0.25, 0.3) is 0 Å². The number of H-pyrrole nitrogens is 1. The Hall–Kier alpha value is -3.88. The van der Waals surface area contributed by atoms with Gasteiger partial charge in [0, 0.05) is 17.8 Å². The lowest BCUT2D eigenvalue weighted by molar-refractivity contribution is -0.140. The third kappa shape index (κ3) is 5.98. The fourth-order valence-electron chi connectivity index (χ4n) is 4.12. The van der Waals surface area contributed by atoms with Crippen molar-refractivity contribution in [3.8, 4) is 0 Å². The maximum atomic E-state index is 15.1. The predicted molar refractivity (Wildman–Crippen MR) is 125 cm³/mol. The fraction of sp³-hybridized carbons (Fsp3) is 0.364. The molecular weight excluding hydrogens is 543 g/mol. The van der Waals surface area contributed by atoms with Gasteiger partial charge in [-0.1, -0.05) is 11.6 Å². The van der Waals surface area contributed by atoms with Crippen LogP contribution in [-0.4, -0.2) is 52.6 Å². The van der Waals surface area contributed by atoms with E-state index in [4.69, 9.17) is 17.3 Å². The van der Waals surface area contributed by atoms with Crippen molar-refractivity contribution >= 4 is 35.4 Å². The molecule has 0 spiro atoms. The van der Waals surface area contributed by atoms with Crippen LogP contribution < -0.4 is 16.4 Å². The number of alkyl halides is 4. The molecular formula is C22H22ClF5N6O4. The molecule has 2 aromatic rings. The minimum atomic E-state index is -5.24. The van der Waals surface area contributed by atoms with Crippen molar-refractivity contribution in [2.45, 2.75) is 31.4 Å². The van der Waals surface area contributed by atoms with E-state index in [9.17, 15) is 32.3 Å². The number of benzene rings is 1. The predicted octanol–water partition coefficient (Wildman–Crippen LogP) is 3.90. The van der Waals surface area contributed by atoms with Gasteiger partial charge < -0.3 is 26.2 Å². The maximum Gasteiger partial charge on any atom is 0.418 e. The number of carbonyl (C=O) groups excluding carboxylic acids is 1. The highest BCUT2D eigenvalue weighted by Gasteiger charge is 2.46. The molecule has 1 aliphatic rings. The molecule has 206 valence electrons. The summed E-state index contributed by atoms with van der Waals surface area (Å²) in [4.78, 5) is 28.8. The van der Waals surface area contributed by atoms with Crippen molar-refractivity contribution in [1.82, 2.24) is 20.5 Å². The number of rotatable bonds is 10. The van der Waals surface area contributed by atoms with E-state index in [2.05, 4.69) is 30.6 Å². The second kappa shape index (κ2) is 11.7. The molecule has 0 bridgehead atoms. The number of anilines is 2. The molecule has 0 saturated heterocycles. The molecule has 1 aromatic heterocycles. The highest BCUT2D eigenvalue weighted by molar-refractivity contribution is 6.31. The van der Waals surface area contributed by atoms with E-state index in [0.29, 0.717) is 25.1 Å². The Bertz CT molecular complexity index is 1290. The SMILES string of the molecule is COC(=O)C1=C(CF)NC(CCCCNc2n[nH]c(N)n2)=C(C(=O)O)C1c1c(F)ccc(Cl)c1C(F)(F)F. The van der Waals surface area contributed by atoms with Gasteiger partial charge in [0.15, 0.2) is 0 Å². The second-order valence-corrected chi connectivity index (χ2v) is 8.42. The monoisotopic (exact) mass is 564 g/mol. The van der Waals surface area contributed by atoms with Crippen molar-refractivity contribution in [2.75, 3.05) is 31.4 Å². The average Bonchev–Trinajstić information content (AvgIpc) is 3.27. The van der Waals surface area contributed by atoms with E-state index in [-0.39, 0.29) is 30.4 Å². The van der Waals surface area contributed by atoms with Gasteiger partial charge in [0.1, 0.15) is 12.5 Å². The van der Waals surface area contributed by atoms with E-state index in [1.165, 1.54) is 0 Å². The van der Waals surface area contributed by atoms with Crippen molar-refractivity contribution in [3.05, 3.63) is 56.6 Å². The van der Waals surface area contributed by atoms with Crippen LogP contribution in [0.4, 0.5) is 33.8 Å². The van der Waals surface area contributed by atoms with Gasteiger partial charge >= 0.3 is 18.1 Å². The normalized spacial score (nSPS) is 15.9. The molecule has 16 heteroatoms. The lowest BCUT2D eigenvalue weighted by Gasteiger charge is -2.32. The number of aliphatic carboxylic acids is 1. The standard InChI is InChI=1S/C22H22ClF5N6O4/c1-38-19(37)15-12(8-24)31-11(4-2-3-7-30-21-32-20(29)33-34-21)14(18(35)36)16(15)13-10(25)6-5-9(23)17(13)22(26,27)28/h5-6,16,31H,2-4,7-8H2,1H3,(H,35,36)(H4,29,30,32,33,34). The molecule has 1 aromatic carbocycles. The number of carboxylic acids is 1. The smallest absolute Gasteiger partial charge is 0.418 e. The summed E-state index contributed by atoms with van der Waals surface area (Å²) in [6.45, 7) is -1.11. The molecule has 0 aliphatic carbocycles. The Morgan fingerprint density at radius 3 is 2.50 bits per heavy atom. The lowest BCUT2D eigenvalue weighted by Crippen LogP contribution is -2.35. The number of carboxylic acid groups (broad SMARTS) is 1. The van der Waals surface area contributed by atoms with Crippen LogP contribution in [0.15, 0.2) is 34.7 Å². The number of hydrogen-bond donors (Lipinski definition) is 5. The van der Waals surface area contributed by atoms with Crippen molar-refractivity contribution in [2.24, 2.45) is 0 Å². The highest BCUT2D eigenvalue weighted by atomic mass is 35.5. The molecule has 0 fully saturated rings. The fourth-order valence-corrected chi connectivity index (χ4v) is 4.39. The number of methoxy groups -OCH3 is 1. The van der Waals surface area contributed by atoms with Gasteiger partial charge in [-0.05, 0) is 31.4 Å². The van der Waals surface area contributed by atoms with Crippen molar-refractivity contribution in [1.29, 1.82) is 0 Å². The van der Waals surface area contributed by atoms with Gasteiger partial charge in [-0.15, -0.1) is 5.10 Å². The zero-order chi connectivity index (χ0) is 28.2. The summed E-state index contributed by atoms with van der Waals surface area (Å²) in [5, 5.41) is 20.7. The zero-order valence-corrected chi connectivity index (χ0v) is 20.4. The number of nitrogens with one attached hydrogen (secondary N) is 3. The number of halogens is 6. The van der Waals surface area contributed by atoms with E-state index >= 15 is 4.39 Å². The lowest BCUT2D eigenvalue weighted by atomic mass is 9.77. The molecule has 10 nitrogen and oxygen atoms in total. The van der Waals surface area contributed by atoms with Crippen LogP contribution in [0, 0.1) is 5.82 Å². The first kappa shape index (κ1) is 28.7. The number of esters is 1. The first-order valence-electron chi connectivity index (χ1n) is 11.0. The Balaban J connectivity index is 2.08. The van der Waals surface area contributed by atoms with E-state index in [1.807, 2.05) is 0 Å². The number of allylic oxidation sites excluding steroid dienone is 2. The van der Waals surface area contributed by atoms with Crippen LogP contribution >= 0.6 is 11.6 Å². The van der Waals surface area contributed by atoms with Crippen LogP contribution in [0.3, 0.4) is 0 Å². The summed E-state index contributed by atoms with van der Waals surface area (Å²) in [7, 11) is 0.871. The van der Waals surface area contributed by atoms with Crippen molar-refractivity contribution < 1.29 is 41.4 Å². The molecule has 2 heterocycles. The first-order chi connectivity index (χ1) is 17.9. The van der Waals surface area contributed by atoms with Gasteiger partial charge in [-0.3, -0.25) is 0 Å². The molecule has 1 atom stereocenters. The zero-order valence-electron chi connectivity index (χ0n) is 19.7. The molecule has 0 radical (unpaired) electrons. The van der Waals surface area contributed by atoms with Crippen LogP contribution in [0.5, 0.6) is 0 Å². The number of nitrogens with zero attached hydrogens (tertiary/aromatic N) is 2. The number of aromatic amines is 1. The summed E-state index contributed by atoms with van der Waals surface area (Å²) >= 11 is 5.77. The summed E-state index contributed by atoms with van der Waals surface area (Å²) < 4.78 is 75.9. The molecule has 1 aliphatic heterocycles. The van der Waals surface area contributed by atoms with Crippen LogP contribution in [0.2, 0.25) is 5.02 Å². The van der Waals surface area contributed by atoms with Gasteiger partial charge in [0.25, 0.3) is 0 Å². The number of unbranched alkanes of at least 4 members (excludes halogenated alkanes) is 1. The second-order valence-electron chi connectivity index (χ2n) is 8.02. The minimum absolute atomic E-state index is 0.0830. The Kier molecular flexibility index (Phi) is 8.81. The molecule has 38 heavy (non-hydrogen) atoms. The summed E-state index contributed by atoms with van der Waals surface area (Å²) in [6, 6.07) is 1.27. The van der Waals surface area contributed by atoms with Gasteiger partial charge in [-0.2, -0.15) is 18.2 Å². The first-order valence-corrected chi connectivity index (χ1v) is 11.4.